The highest BCUT2D eigenvalue weighted by atomic mass is 35.5. The fourth-order valence-corrected chi connectivity index (χ4v) is 5.25. The quantitative estimate of drug-likeness (QED) is 0.368. The van der Waals surface area contributed by atoms with E-state index in [4.69, 9.17) is 28.2 Å². The first-order chi connectivity index (χ1) is 13.5. The highest BCUT2D eigenvalue weighted by molar-refractivity contribution is 7.23. The molecule has 0 spiro atoms. The van der Waals surface area contributed by atoms with Gasteiger partial charge in [-0.1, -0.05) is 46.7 Å². The molecular formula is C20H15Cl2N3OS2. The van der Waals surface area contributed by atoms with Crippen LogP contribution in [0.2, 0.25) is 9.36 Å². The number of nitrogens with zero attached hydrogens (tertiary/aromatic N) is 3. The van der Waals surface area contributed by atoms with Crippen molar-refractivity contribution in [1.29, 1.82) is 0 Å². The molecule has 0 aliphatic heterocycles. The second-order valence-corrected chi connectivity index (χ2v) is 9.45. The third kappa shape index (κ3) is 4.05. The van der Waals surface area contributed by atoms with Crippen LogP contribution in [-0.4, -0.2) is 15.9 Å². The van der Waals surface area contributed by atoms with E-state index in [0.29, 0.717) is 21.0 Å². The Morgan fingerprint density at radius 3 is 2.68 bits per heavy atom. The molecule has 0 saturated heterocycles. The normalized spacial score (nSPS) is 11.1. The zero-order valence-corrected chi connectivity index (χ0v) is 18.0. The molecule has 0 radical (unpaired) electrons. The number of aromatic nitrogens is 2. The fraction of sp³-hybridized carbons (Fsp3) is 0.150. The SMILES string of the molecule is Cc1ccc(Cl)c2sc(N(Cc3cccnc3)C(=O)Cc3ccc(Cl)s3)nc12. The summed E-state index contributed by atoms with van der Waals surface area (Å²) >= 11 is 15.2. The predicted octanol–water partition coefficient (Wildman–Crippen LogP) is 6.14. The minimum absolute atomic E-state index is 0.0461. The number of thiazole rings is 1. The molecule has 3 aromatic heterocycles. The van der Waals surface area contributed by atoms with Crippen LogP contribution in [-0.2, 0) is 17.8 Å². The number of amides is 1. The van der Waals surface area contributed by atoms with Gasteiger partial charge in [0.2, 0.25) is 5.91 Å². The zero-order chi connectivity index (χ0) is 19.7. The smallest absolute Gasteiger partial charge is 0.234 e. The van der Waals surface area contributed by atoms with Crippen LogP contribution in [0.15, 0.2) is 48.8 Å². The maximum absolute atomic E-state index is 13.2. The molecule has 0 unspecified atom stereocenters. The predicted molar refractivity (Wildman–Crippen MR) is 118 cm³/mol. The number of pyridine rings is 1. The minimum atomic E-state index is -0.0461. The van der Waals surface area contributed by atoms with E-state index in [9.17, 15) is 4.79 Å². The van der Waals surface area contributed by atoms with Crippen LogP contribution in [0.25, 0.3) is 10.2 Å². The molecule has 1 amide bonds. The standard InChI is InChI=1S/C20H15Cl2N3OS2/c1-12-4-6-15(21)19-18(12)24-20(28-19)25(11-13-3-2-8-23-10-13)17(26)9-14-5-7-16(22)27-14/h2-8,10H,9,11H2,1H3. The third-order valence-electron chi connectivity index (χ3n) is 4.24. The van der Waals surface area contributed by atoms with Gasteiger partial charge in [-0.15, -0.1) is 11.3 Å². The van der Waals surface area contributed by atoms with Gasteiger partial charge in [-0.2, -0.15) is 0 Å². The summed E-state index contributed by atoms with van der Waals surface area (Å²) in [6.07, 6.45) is 3.73. The molecule has 0 N–H and O–H groups in total. The van der Waals surface area contributed by atoms with Gasteiger partial charge in [-0.3, -0.25) is 14.7 Å². The maximum Gasteiger partial charge on any atom is 0.234 e. The van der Waals surface area contributed by atoms with E-state index in [1.165, 1.54) is 22.7 Å². The Morgan fingerprint density at radius 1 is 1.14 bits per heavy atom. The molecular weight excluding hydrogens is 433 g/mol. The Labute approximate surface area is 180 Å². The Kier molecular flexibility index (Phi) is 5.64. The number of hydrogen-bond acceptors (Lipinski definition) is 5. The van der Waals surface area contributed by atoms with Crippen molar-refractivity contribution in [3.63, 3.8) is 0 Å². The van der Waals surface area contributed by atoms with Crippen molar-refractivity contribution in [2.24, 2.45) is 0 Å². The fourth-order valence-electron chi connectivity index (χ4n) is 2.83. The van der Waals surface area contributed by atoms with Crippen LogP contribution in [0.5, 0.6) is 0 Å². The van der Waals surface area contributed by atoms with E-state index in [1.807, 2.05) is 37.3 Å². The van der Waals surface area contributed by atoms with Gasteiger partial charge in [0.05, 0.1) is 32.5 Å². The van der Waals surface area contributed by atoms with E-state index in [1.54, 1.807) is 23.4 Å². The second-order valence-electron chi connectivity index (χ2n) is 6.26. The lowest BCUT2D eigenvalue weighted by molar-refractivity contribution is -0.118. The van der Waals surface area contributed by atoms with E-state index >= 15 is 0 Å². The Bertz CT molecular complexity index is 1100. The van der Waals surface area contributed by atoms with Gasteiger partial charge in [0.1, 0.15) is 0 Å². The number of carbonyl (C=O) groups is 1. The Balaban J connectivity index is 1.73. The molecule has 0 saturated carbocycles. The molecule has 0 aliphatic carbocycles. The van der Waals surface area contributed by atoms with E-state index in [0.717, 1.165) is 26.2 Å². The monoisotopic (exact) mass is 447 g/mol. The molecule has 4 rings (SSSR count). The van der Waals surface area contributed by atoms with Crippen LogP contribution < -0.4 is 4.90 Å². The van der Waals surface area contributed by atoms with Gasteiger partial charge < -0.3 is 0 Å². The lowest BCUT2D eigenvalue weighted by Crippen LogP contribution is -2.31. The summed E-state index contributed by atoms with van der Waals surface area (Å²) < 4.78 is 1.56. The lowest BCUT2D eigenvalue weighted by Gasteiger charge is -2.19. The maximum atomic E-state index is 13.2. The highest BCUT2D eigenvalue weighted by Gasteiger charge is 2.22. The summed E-state index contributed by atoms with van der Waals surface area (Å²) in [5, 5.41) is 1.27. The van der Waals surface area contributed by atoms with Crippen molar-refractivity contribution in [3.8, 4) is 0 Å². The summed E-state index contributed by atoms with van der Waals surface area (Å²) in [6.45, 7) is 2.38. The topological polar surface area (TPSA) is 46.1 Å². The van der Waals surface area contributed by atoms with Gasteiger partial charge in [-0.05, 0) is 42.3 Å². The van der Waals surface area contributed by atoms with E-state index < -0.39 is 0 Å². The zero-order valence-electron chi connectivity index (χ0n) is 14.9. The molecule has 3 heterocycles. The largest absolute Gasteiger partial charge is 0.283 e. The molecule has 0 atom stereocenters. The Morgan fingerprint density at radius 2 is 2.00 bits per heavy atom. The number of carbonyl (C=O) groups excluding carboxylic acids is 1. The van der Waals surface area contributed by atoms with Crippen molar-refractivity contribution >= 4 is 67.1 Å². The number of halogens is 2. The summed E-state index contributed by atoms with van der Waals surface area (Å²) in [5.74, 6) is -0.0461. The van der Waals surface area contributed by atoms with Gasteiger partial charge >= 0.3 is 0 Å². The Hall–Kier alpha value is -1.99. The third-order valence-corrected chi connectivity index (χ3v) is 7.01. The summed E-state index contributed by atoms with van der Waals surface area (Å²) in [4.78, 5) is 24.7. The van der Waals surface area contributed by atoms with Crippen molar-refractivity contribution < 1.29 is 4.79 Å². The number of benzene rings is 1. The number of aryl methyl sites for hydroxylation is 1. The number of hydrogen-bond donors (Lipinski definition) is 0. The van der Waals surface area contributed by atoms with Crippen molar-refractivity contribution in [2.45, 2.75) is 19.9 Å². The molecule has 0 bridgehead atoms. The molecule has 1 aromatic carbocycles. The minimum Gasteiger partial charge on any atom is -0.283 e. The first kappa shape index (κ1) is 19.3. The van der Waals surface area contributed by atoms with E-state index in [2.05, 4.69) is 4.98 Å². The van der Waals surface area contributed by atoms with E-state index in [-0.39, 0.29) is 12.3 Å². The first-order valence-corrected chi connectivity index (χ1v) is 10.9. The average Bonchev–Trinajstić information content (AvgIpc) is 3.31. The van der Waals surface area contributed by atoms with Crippen LogP contribution >= 0.6 is 45.9 Å². The molecule has 4 aromatic rings. The molecule has 0 fully saturated rings. The van der Waals surface area contributed by atoms with Crippen LogP contribution in [0, 0.1) is 6.92 Å². The van der Waals surface area contributed by atoms with Crippen LogP contribution in [0.3, 0.4) is 0 Å². The van der Waals surface area contributed by atoms with Crippen molar-refractivity contribution in [2.75, 3.05) is 4.90 Å². The average molecular weight is 448 g/mol. The number of fused-ring (bicyclic) bond motifs is 1. The molecule has 4 nitrogen and oxygen atoms in total. The molecule has 28 heavy (non-hydrogen) atoms. The first-order valence-electron chi connectivity index (χ1n) is 8.50. The summed E-state index contributed by atoms with van der Waals surface area (Å²) in [5.41, 5.74) is 2.79. The second kappa shape index (κ2) is 8.17. The van der Waals surface area contributed by atoms with Crippen LogP contribution in [0.1, 0.15) is 16.0 Å². The van der Waals surface area contributed by atoms with Crippen LogP contribution in [0.4, 0.5) is 5.13 Å². The van der Waals surface area contributed by atoms with Crippen molar-refractivity contribution in [1.82, 2.24) is 9.97 Å². The van der Waals surface area contributed by atoms with Gasteiger partial charge in [-0.25, -0.2) is 4.98 Å². The van der Waals surface area contributed by atoms with Gasteiger partial charge in [0.25, 0.3) is 0 Å². The molecule has 142 valence electrons. The highest BCUT2D eigenvalue weighted by Crippen LogP contribution is 2.36. The number of thiophene rings is 1. The molecule has 8 heteroatoms. The number of anilines is 1. The van der Waals surface area contributed by atoms with Crippen molar-refractivity contribution in [3.05, 3.63) is 74.2 Å². The number of rotatable bonds is 5. The lowest BCUT2D eigenvalue weighted by atomic mass is 10.2. The summed E-state index contributed by atoms with van der Waals surface area (Å²) in [7, 11) is 0. The summed E-state index contributed by atoms with van der Waals surface area (Å²) in [6, 6.07) is 11.3. The van der Waals surface area contributed by atoms with Gasteiger partial charge in [0, 0.05) is 17.3 Å². The molecule has 0 aliphatic rings. The van der Waals surface area contributed by atoms with Gasteiger partial charge in [0.15, 0.2) is 5.13 Å².